The molecule has 0 aliphatic carbocycles. The van der Waals surface area contributed by atoms with Crippen LogP contribution in [0.2, 0.25) is 0 Å². The van der Waals surface area contributed by atoms with Crippen molar-refractivity contribution in [2.45, 2.75) is 36.6 Å². The first-order valence-electron chi connectivity index (χ1n) is 9.51. The molecule has 0 aliphatic rings. The van der Waals surface area contributed by atoms with Gasteiger partial charge >= 0.3 is 0 Å². The molecule has 0 radical (unpaired) electrons. The Morgan fingerprint density at radius 1 is 0.900 bits per heavy atom. The van der Waals surface area contributed by atoms with E-state index in [9.17, 15) is 21.6 Å². The molecule has 1 unspecified atom stereocenters. The van der Waals surface area contributed by atoms with Gasteiger partial charge in [-0.3, -0.25) is 4.79 Å². The van der Waals surface area contributed by atoms with Crippen molar-refractivity contribution in [3.05, 3.63) is 59.7 Å². The molecule has 0 spiro atoms. The molecule has 0 fully saturated rings. The van der Waals surface area contributed by atoms with Crippen molar-refractivity contribution < 1.29 is 21.6 Å². The van der Waals surface area contributed by atoms with Crippen molar-refractivity contribution in [1.82, 2.24) is 14.3 Å². The summed E-state index contributed by atoms with van der Waals surface area (Å²) >= 11 is 0. The fourth-order valence-electron chi connectivity index (χ4n) is 2.91. The highest BCUT2D eigenvalue weighted by atomic mass is 32.2. The van der Waals surface area contributed by atoms with Gasteiger partial charge in [-0.2, -0.15) is 4.31 Å². The van der Waals surface area contributed by atoms with Crippen LogP contribution in [0.25, 0.3) is 0 Å². The molecule has 0 saturated heterocycles. The van der Waals surface area contributed by atoms with Gasteiger partial charge in [-0.15, -0.1) is 0 Å². The number of hydrogen-bond donors (Lipinski definition) is 2. The number of carbonyl (C=O) groups is 1. The molecular formula is C20H27N3O5S2. The van der Waals surface area contributed by atoms with E-state index in [0.29, 0.717) is 18.7 Å². The number of rotatable bonds is 9. The Morgan fingerprint density at radius 2 is 1.40 bits per heavy atom. The Bertz CT molecular complexity index is 1080. The average Bonchev–Trinajstić information content (AvgIpc) is 2.74. The molecule has 0 heterocycles. The summed E-state index contributed by atoms with van der Waals surface area (Å²) in [5, 5.41) is 2.82. The topological polar surface area (TPSA) is 113 Å². The number of nitrogens with one attached hydrogen (secondary N) is 2. The third kappa shape index (κ3) is 5.25. The zero-order chi connectivity index (χ0) is 22.5. The number of amides is 1. The maximum absolute atomic E-state index is 12.6. The van der Waals surface area contributed by atoms with Crippen LogP contribution in [0, 0.1) is 0 Å². The summed E-state index contributed by atoms with van der Waals surface area (Å²) in [6.07, 6.45) is 0. The van der Waals surface area contributed by atoms with Crippen LogP contribution in [0.15, 0.2) is 58.3 Å². The maximum Gasteiger partial charge on any atom is 0.251 e. The van der Waals surface area contributed by atoms with Crippen molar-refractivity contribution >= 4 is 26.0 Å². The largest absolute Gasteiger partial charge is 0.346 e. The third-order valence-corrected chi connectivity index (χ3v) is 8.26. The second-order valence-electron chi connectivity index (χ2n) is 6.59. The molecule has 30 heavy (non-hydrogen) atoms. The molecule has 8 nitrogen and oxygen atoms in total. The monoisotopic (exact) mass is 453 g/mol. The SMILES string of the molecule is CCN(CC)S(=O)(=O)c1ccc(C(C)NC(=O)c2ccc(S(=O)(=O)NC)cc2)cc1. The van der Waals surface area contributed by atoms with Gasteiger partial charge in [-0.1, -0.05) is 26.0 Å². The molecule has 10 heteroatoms. The van der Waals surface area contributed by atoms with Crippen molar-refractivity contribution in [2.24, 2.45) is 0 Å². The fraction of sp³-hybridized carbons (Fsp3) is 0.350. The predicted octanol–water partition coefficient (Wildman–Crippen LogP) is 2.12. The van der Waals surface area contributed by atoms with Gasteiger partial charge in [-0.05, 0) is 55.9 Å². The quantitative estimate of drug-likeness (QED) is 0.604. The van der Waals surface area contributed by atoms with Crippen LogP contribution in [-0.2, 0) is 20.0 Å². The van der Waals surface area contributed by atoms with E-state index in [1.165, 1.54) is 47.8 Å². The predicted molar refractivity (Wildman–Crippen MR) is 115 cm³/mol. The second-order valence-corrected chi connectivity index (χ2v) is 10.4. The second kappa shape index (κ2) is 9.69. The summed E-state index contributed by atoms with van der Waals surface area (Å²) in [6.45, 7) is 6.13. The van der Waals surface area contributed by atoms with E-state index in [0.717, 1.165) is 5.56 Å². The zero-order valence-corrected chi connectivity index (χ0v) is 19.0. The van der Waals surface area contributed by atoms with E-state index in [-0.39, 0.29) is 21.7 Å². The van der Waals surface area contributed by atoms with Gasteiger partial charge in [-0.25, -0.2) is 21.6 Å². The summed E-state index contributed by atoms with van der Waals surface area (Å²) in [7, 11) is -5.79. The minimum atomic E-state index is -3.57. The normalized spacial score (nSPS) is 13.2. The minimum absolute atomic E-state index is 0.0691. The molecule has 0 bridgehead atoms. The van der Waals surface area contributed by atoms with Gasteiger partial charge in [0.25, 0.3) is 5.91 Å². The maximum atomic E-state index is 12.6. The Balaban J connectivity index is 2.12. The Kier molecular flexibility index (Phi) is 7.75. The van der Waals surface area contributed by atoms with Crippen molar-refractivity contribution in [2.75, 3.05) is 20.1 Å². The lowest BCUT2D eigenvalue weighted by Gasteiger charge is -2.19. The molecule has 2 rings (SSSR count). The van der Waals surface area contributed by atoms with Crippen LogP contribution in [0.3, 0.4) is 0 Å². The summed E-state index contributed by atoms with van der Waals surface area (Å²) in [5.74, 6) is -0.365. The van der Waals surface area contributed by atoms with Gasteiger partial charge in [0.1, 0.15) is 0 Å². The van der Waals surface area contributed by atoms with Crippen LogP contribution < -0.4 is 10.0 Å². The third-order valence-electron chi connectivity index (χ3n) is 4.77. The summed E-state index contributed by atoms with van der Waals surface area (Å²) in [6, 6.07) is 11.6. The molecule has 2 N–H and O–H groups in total. The van der Waals surface area contributed by atoms with Gasteiger partial charge < -0.3 is 5.32 Å². The molecular weight excluding hydrogens is 426 g/mol. The van der Waals surface area contributed by atoms with Crippen molar-refractivity contribution in [3.8, 4) is 0 Å². The molecule has 2 aromatic rings. The van der Waals surface area contributed by atoms with Crippen LogP contribution >= 0.6 is 0 Å². The van der Waals surface area contributed by atoms with E-state index in [2.05, 4.69) is 10.0 Å². The van der Waals surface area contributed by atoms with E-state index in [1.54, 1.807) is 32.9 Å². The Labute approximate surface area is 178 Å². The lowest BCUT2D eigenvalue weighted by atomic mass is 10.1. The van der Waals surface area contributed by atoms with Gasteiger partial charge in [0.15, 0.2) is 0 Å². The van der Waals surface area contributed by atoms with E-state index in [1.807, 2.05) is 0 Å². The number of hydrogen-bond acceptors (Lipinski definition) is 5. The summed E-state index contributed by atoms with van der Waals surface area (Å²) < 4.78 is 52.3. The van der Waals surface area contributed by atoms with Gasteiger partial charge in [0.2, 0.25) is 20.0 Å². The molecule has 0 aromatic heterocycles. The molecule has 1 atom stereocenters. The number of sulfonamides is 2. The number of carbonyl (C=O) groups excluding carboxylic acids is 1. The first-order chi connectivity index (χ1) is 14.1. The average molecular weight is 454 g/mol. The Morgan fingerprint density at radius 3 is 1.87 bits per heavy atom. The standard InChI is InChI=1S/C20H27N3O5S2/c1-5-23(6-2)30(27,28)19-13-7-16(8-14-19)15(3)22-20(24)17-9-11-18(12-10-17)29(25,26)21-4/h7-15,21H,5-6H2,1-4H3,(H,22,24). The summed E-state index contributed by atoms with van der Waals surface area (Å²) in [4.78, 5) is 12.7. The van der Waals surface area contributed by atoms with Gasteiger partial charge in [0, 0.05) is 18.7 Å². The highest BCUT2D eigenvalue weighted by Gasteiger charge is 2.22. The van der Waals surface area contributed by atoms with Crippen LogP contribution in [0.1, 0.15) is 42.7 Å². The first kappa shape index (κ1) is 24.0. The fourth-order valence-corrected chi connectivity index (χ4v) is 5.10. The lowest BCUT2D eigenvalue weighted by Crippen LogP contribution is -2.30. The molecule has 0 saturated carbocycles. The molecule has 0 aliphatic heterocycles. The van der Waals surface area contributed by atoms with Crippen LogP contribution in [-0.4, -0.2) is 47.2 Å². The molecule has 164 valence electrons. The van der Waals surface area contributed by atoms with E-state index < -0.39 is 20.0 Å². The Hall–Kier alpha value is -2.27. The van der Waals surface area contributed by atoms with Crippen molar-refractivity contribution in [3.63, 3.8) is 0 Å². The van der Waals surface area contributed by atoms with Gasteiger partial charge in [0.05, 0.1) is 15.8 Å². The molecule has 1 amide bonds. The minimum Gasteiger partial charge on any atom is -0.346 e. The molecule has 2 aromatic carbocycles. The van der Waals surface area contributed by atoms with Crippen molar-refractivity contribution in [1.29, 1.82) is 0 Å². The van der Waals surface area contributed by atoms with Crippen LogP contribution in [0.4, 0.5) is 0 Å². The zero-order valence-electron chi connectivity index (χ0n) is 17.4. The number of nitrogens with zero attached hydrogens (tertiary/aromatic N) is 1. The van der Waals surface area contributed by atoms with E-state index >= 15 is 0 Å². The van der Waals surface area contributed by atoms with Crippen LogP contribution in [0.5, 0.6) is 0 Å². The highest BCUT2D eigenvalue weighted by Crippen LogP contribution is 2.20. The lowest BCUT2D eigenvalue weighted by molar-refractivity contribution is 0.0939. The first-order valence-corrected chi connectivity index (χ1v) is 12.4. The summed E-state index contributed by atoms with van der Waals surface area (Å²) in [5.41, 5.74) is 1.06. The van der Waals surface area contributed by atoms with E-state index in [4.69, 9.17) is 0 Å². The highest BCUT2D eigenvalue weighted by molar-refractivity contribution is 7.89. The number of benzene rings is 2. The smallest absolute Gasteiger partial charge is 0.251 e.